The van der Waals surface area contributed by atoms with Crippen LogP contribution in [0, 0.1) is 0 Å². The number of nitrogens with one attached hydrogen (secondary N) is 1. The number of thiophene rings is 1. The van der Waals surface area contributed by atoms with E-state index in [9.17, 15) is 9.59 Å². The second-order valence-electron chi connectivity index (χ2n) is 2.53. The third-order valence-corrected chi connectivity index (χ3v) is 3.19. The summed E-state index contributed by atoms with van der Waals surface area (Å²) in [6.07, 6.45) is -0.0620. The third-order valence-electron chi connectivity index (χ3n) is 1.48. The van der Waals surface area contributed by atoms with Crippen LogP contribution in [0.5, 0.6) is 0 Å². The largest absolute Gasteiger partial charge is 0.481 e. The Bertz CT molecular complexity index is 350. The van der Waals surface area contributed by atoms with Gasteiger partial charge in [-0.05, 0) is 15.9 Å². The number of carbonyl (C=O) groups excluding carboxylic acids is 1. The summed E-state index contributed by atoms with van der Waals surface area (Å²) in [4.78, 5) is 21.6. The molecule has 14 heavy (non-hydrogen) atoms. The molecule has 1 rings (SSSR count). The van der Waals surface area contributed by atoms with Gasteiger partial charge in [0.2, 0.25) is 0 Å². The lowest BCUT2D eigenvalue weighted by atomic mass is 10.3. The highest BCUT2D eigenvalue weighted by Gasteiger charge is 2.10. The molecule has 0 aliphatic heterocycles. The zero-order chi connectivity index (χ0) is 10.6. The topological polar surface area (TPSA) is 66.4 Å². The zero-order valence-corrected chi connectivity index (χ0v) is 9.52. The first-order valence-electron chi connectivity index (χ1n) is 3.83. The van der Waals surface area contributed by atoms with Crippen molar-refractivity contribution in [3.63, 3.8) is 0 Å². The number of aliphatic carboxylic acids is 1. The molecular formula is C8H8BrNO3S. The van der Waals surface area contributed by atoms with E-state index in [1.807, 2.05) is 0 Å². The van der Waals surface area contributed by atoms with Gasteiger partial charge in [0, 0.05) is 21.8 Å². The molecule has 0 bridgehead atoms. The highest BCUT2D eigenvalue weighted by atomic mass is 79.9. The van der Waals surface area contributed by atoms with Crippen LogP contribution in [0.1, 0.15) is 16.8 Å². The molecule has 1 heterocycles. The van der Waals surface area contributed by atoms with Crippen molar-refractivity contribution in [1.82, 2.24) is 5.32 Å². The van der Waals surface area contributed by atoms with Crippen molar-refractivity contribution >= 4 is 39.1 Å². The van der Waals surface area contributed by atoms with Gasteiger partial charge in [0.1, 0.15) is 0 Å². The van der Waals surface area contributed by atoms with Crippen molar-refractivity contribution in [3.05, 3.63) is 20.8 Å². The molecule has 76 valence electrons. The molecule has 0 spiro atoms. The van der Waals surface area contributed by atoms with Crippen LogP contribution >= 0.6 is 27.3 Å². The number of carboxylic acids is 1. The quantitative estimate of drug-likeness (QED) is 0.881. The number of carboxylic acid groups (broad SMARTS) is 1. The van der Waals surface area contributed by atoms with Gasteiger partial charge in [-0.1, -0.05) is 0 Å². The molecular weight excluding hydrogens is 270 g/mol. The lowest BCUT2D eigenvalue weighted by Gasteiger charge is -2.01. The summed E-state index contributed by atoms with van der Waals surface area (Å²) in [5.41, 5.74) is 0.542. The van der Waals surface area contributed by atoms with Crippen LogP contribution in [0.3, 0.4) is 0 Å². The van der Waals surface area contributed by atoms with Crippen molar-refractivity contribution in [2.24, 2.45) is 0 Å². The summed E-state index contributed by atoms with van der Waals surface area (Å²) in [6, 6.07) is 0. The second-order valence-corrected chi connectivity index (χ2v) is 4.13. The molecule has 0 aliphatic rings. The Labute approximate surface area is 93.1 Å². The Balaban J connectivity index is 2.44. The monoisotopic (exact) mass is 277 g/mol. The molecule has 0 saturated carbocycles. The first-order chi connectivity index (χ1) is 6.61. The summed E-state index contributed by atoms with van der Waals surface area (Å²) in [5.74, 6) is -1.17. The average Bonchev–Trinajstić information content (AvgIpc) is 2.50. The Hall–Kier alpha value is -0.880. The van der Waals surface area contributed by atoms with Crippen LogP contribution in [0.25, 0.3) is 0 Å². The Morgan fingerprint density at radius 3 is 2.71 bits per heavy atom. The van der Waals surface area contributed by atoms with Crippen molar-refractivity contribution in [2.75, 3.05) is 6.54 Å². The molecule has 0 atom stereocenters. The van der Waals surface area contributed by atoms with Crippen LogP contribution in [0.4, 0.5) is 0 Å². The predicted molar refractivity (Wildman–Crippen MR) is 56.6 cm³/mol. The Morgan fingerprint density at radius 1 is 1.50 bits per heavy atom. The van der Waals surface area contributed by atoms with Gasteiger partial charge in [0.15, 0.2) is 0 Å². The smallest absolute Gasteiger partial charge is 0.305 e. The molecule has 0 radical (unpaired) electrons. The van der Waals surface area contributed by atoms with Gasteiger partial charge < -0.3 is 10.4 Å². The molecule has 2 N–H and O–H groups in total. The van der Waals surface area contributed by atoms with Gasteiger partial charge >= 0.3 is 5.97 Å². The van der Waals surface area contributed by atoms with Crippen molar-refractivity contribution in [3.8, 4) is 0 Å². The first-order valence-corrected chi connectivity index (χ1v) is 5.56. The predicted octanol–water partition coefficient (Wildman–Crippen LogP) is 1.72. The minimum Gasteiger partial charge on any atom is -0.481 e. The number of hydrogen-bond acceptors (Lipinski definition) is 3. The van der Waals surface area contributed by atoms with Gasteiger partial charge in [-0.3, -0.25) is 9.59 Å². The SMILES string of the molecule is O=C(O)CCNC(=O)c1cscc1Br. The fraction of sp³-hybridized carbons (Fsp3) is 0.250. The van der Waals surface area contributed by atoms with Gasteiger partial charge in [0.05, 0.1) is 12.0 Å². The Morgan fingerprint density at radius 2 is 2.21 bits per heavy atom. The molecule has 0 unspecified atom stereocenters. The van der Waals surface area contributed by atoms with E-state index in [1.165, 1.54) is 11.3 Å². The lowest BCUT2D eigenvalue weighted by molar-refractivity contribution is -0.136. The molecule has 1 aromatic rings. The normalized spacial score (nSPS) is 9.79. The fourth-order valence-electron chi connectivity index (χ4n) is 0.822. The molecule has 1 aromatic heterocycles. The molecule has 0 aromatic carbocycles. The van der Waals surface area contributed by atoms with E-state index >= 15 is 0 Å². The summed E-state index contributed by atoms with van der Waals surface area (Å²) in [5, 5.41) is 14.4. The van der Waals surface area contributed by atoms with Crippen LogP contribution < -0.4 is 5.32 Å². The van der Waals surface area contributed by atoms with E-state index in [-0.39, 0.29) is 18.9 Å². The first kappa shape index (κ1) is 11.2. The molecule has 1 amide bonds. The Kier molecular flexibility index (Phi) is 4.09. The van der Waals surface area contributed by atoms with Crippen LogP contribution in [0.15, 0.2) is 15.2 Å². The lowest BCUT2D eigenvalue weighted by Crippen LogP contribution is -2.25. The third kappa shape index (κ3) is 3.12. The molecule has 0 fully saturated rings. The zero-order valence-electron chi connectivity index (χ0n) is 7.12. The van der Waals surface area contributed by atoms with Crippen molar-refractivity contribution in [2.45, 2.75) is 6.42 Å². The van der Waals surface area contributed by atoms with E-state index in [2.05, 4.69) is 21.2 Å². The highest BCUT2D eigenvalue weighted by Crippen LogP contribution is 2.20. The van der Waals surface area contributed by atoms with E-state index < -0.39 is 5.97 Å². The maximum atomic E-state index is 11.4. The number of carbonyl (C=O) groups is 2. The molecule has 4 nitrogen and oxygen atoms in total. The van der Waals surface area contributed by atoms with E-state index in [4.69, 9.17) is 5.11 Å². The minimum atomic E-state index is -0.922. The standard InChI is InChI=1S/C8H8BrNO3S/c9-6-4-14-3-5(6)8(13)10-2-1-7(11)12/h3-4H,1-2H2,(H,10,13)(H,11,12). The van der Waals surface area contributed by atoms with E-state index in [1.54, 1.807) is 10.8 Å². The van der Waals surface area contributed by atoms with Gasteiger partial charge in [-0.2, -0.15) is 11.3 Å². The van der Waals surface area contributed by atoms with Gasteiger partial charge in [-0.25, -0.2) is 0 Å². The summed E-state index contributed by atoms with van der Waals surface area (Å²) < 4.78 is 0.732. The summed E-state index contributed by atoms with van der Waals surface area (Å²) in [7, 11) is 0. The number of hydrogen-bond donors (Lipinski definition) is 2. The molecule has 6 heteroatoms. The molecule has 0 aliphatic carbocycles. The summed E-state index contributed by atoms with van der Waals surface area (Å²) >= 11 is 4.63. The maximum absolute atomic E-state index is 11.4. The van der Waals surface area contributed by atoms with Crippen molar-refractivity contribution < 1.29 is 14.7 Å². The fourth-order valence-corrected chi connectivity index (χ4v) is 2.28. The minimum absolute atomic E-state index is 0.0620. The van der Waals surface area contributed by atoms with Crippen LogP contribution in [-0.4, -0.2) is 23.5 Å². The average molecular weight is 278 g/mol. The van der Waals surface area contributed by atoms with Gasteiger partial charge in [0.25, 0.3) is 5.91 Å². The summed E-state index contributed by atoms with van der Waals surface area (Å²) in [6.45, 7) is 0.149. The van der Waals surface area contributed by atoms with E-state index in [0.29, 0.717) is 5.56 Å². The second kappa shape index (κ2) is 5.11. The maximum Gasteiger partial charge on any atom is 0.305 e. The number of amides is 1. The number of halogens is 1. The van der Waals surface area contributed by atoms with Crippen LogP contribution in [0.2, 0.25) is 0 Å². The van der Waals surface area contributed by atoms with E-state index in [0.717, 1.165) is 4.47 Å². The molecule has 0 saturated heterocycles. The highest BCUT2D eigenvalue weighted by molar-refractivity contribution is 9.10. The van der Waals surface area contributed by atoms with Crippen LogP contribution in [-0.2, 0) is 4.79 Å². The van der Waals surface area contributed by atoms with Crippen molar-refractivity contribution in [1.29, 1.82) is 0 Å². The van der Waals surface area contributed by atoms with Gasteiger partial charge in [-0.15, -0.1) is 0 Å². The number of rotatable bonds is 4.